The fourth-order valence-corrected chi connectivity index (χ4v) is 3.63. The van der Waals surface area contributed by atoms with Gasteiger partial charge in [0.05, 0.1) is 11.2 Å². The van der Waals surface area contributed by atoms with Gasteiger partial charge >= 0.3 is 0 Å². The number of benzene rings is 1. The molecule has 0 saturated carbocycles. The standard InChI is InChI=1S/C20H25N3S/c1-3-4-6-15-7-5-8-16(13-15)9-10-17-18-14-19(24-2)20(21)23(18)12-11-22-17/h5,7-8,11-14H,3-4,6,9-10,21H2,1-2H3. The molecule has 0 saturated heterocycles. The Hall–Kier alpha value is -1.94. The van der Waals surface area contributed by atoms with Crippen LogP contribution in [0.15, 0.2) is 47.6 Å². The maximum Gasteiger partial charge on any atom is 0.121 e. The van der Waals surface area contributed by atoms with Gasteiger partial charge in [-0.2, -0.15) is 0 Å². The molecule has 24 heavy (non-hydrogen) atoms. The van der Waals surface area contributed by atoms with Crippen LogP contribution in [0.2, 0.25) is 0 Å². The Morgan fingerprint density at radius 1 is 1.12 bits per heavy atom. The molecule has 0 bridgehead atoms. The molecule has 0 fully saturated rings. The van der Waals surface area contributed by atoms with Crippen LogP contribution in [0.1, 0.15) is 36.6 Å². The molecular weight excluding hydrogens is 314 g/mol. The van der Waals surface area contributed by atoms with E-state index < -0.39 is 0 Å². The number of aromatic nitrogens is 2. The molecule has 1 aromatic carbocycles. The zero-order valence-electron chi connectivity index (χ0n) is 14.5. The minimum absolute atomic E-state index is 0.808. The highest BCUT2D eigenvalue weighted by Crippen LogP contribution is 2.28. The molecule has 3 aromatic rings. The minimum atomic E-state index is 0.808. The second-order valence-corrected chi connectivity index (χ2v) is 7.00. The molecule has 2 aromatic heterocycles. The van der Waals surface area contributed by atoms with Crippen LogP contribution in [-0.2, 0) is 19.3 Å². The van der Waals surface area contributed by atoms with Crippen LogP contribution < -0.4 is 5.73 Å². The van der Waals surface area contributed by atoms with Crippen LogP contribution in [-0.4, -0.2) is 15.6 Å². The number of nitrogens with zero attached hydrogens (tertiary/aromatic N) is 2. The SMILES string of the molecule is CCCCc1cccc(CCc2nccn3c(N)c(SC)cc23)c1. The predicted molar refractivity (Wildman–Crippen MR) is 104 cm³/mol. The van der Waals surface area contributed by atoms with Crippen molar-refractivity contribution in [3.05, 3.63) is 59.5 Å². The number of nitrogen functional groups attached to an aromatic ring is 1. The Balaban J connectivity index is 1.78. The van der Waals surface area contributed by atoms with Gasteiger partial charge < -0.3 is 5.73 Å². The van der Waals surface area contributed by atoms with E-state index in [1.165, 1.54) is 30.4 Å². The first-order valence-electron chi connectivity index (χ1n) is 8.59. The van der Waals surface area contributed by atoms with Gasteiger partial charge in [-0.05, 0) is 49.1 Å². The van der Waals surface area contributed by atoms with E-state index in [2.05, 4.69) is 48.5 Å². The van der Waals surface area contributed by atoms with E-state index >= 15 is 0 Å². The third kappa shape index (κ3) is 3.59. The molecule has 2 N–H and O–H groups in total. The van der Waals surface area contributed by atoms with E-state index in [4.69, 9.17) is 5.73 Å². The Morgan fingerprint density at radius 3 is 2.67 bits per heavy atom. The number of fused-ring (bicyclic) bond motifs is 1. The number of rotatable bonds is 7. The van der Waals surface area contributed by atoms with Crippen molar-refractivity contribution in [2.45, 2.75) is 43.9 Å². The van der Waals surface area contributed by atoms with Crippen molar-refractivity contribution >= 4 is 23.1 Å². The third-order valence-electron chi connectivity index (χ3n) is 4.46. The van der Waals surface area contributed by atoms with E-state index in [1.807, 2.05) is 16.8 Å². The van der Waals surface area contributed by atoms with Crippen LogP contribution >= 0.6 is 11.8 Å². The number of nitrogens with two attached hydrogens (primary N) is 1. The van der Waals surface area contributed by atoms with Gasteiger partial charge in [0.1, 0.15) is 5.82 Å². The van der Waals surface area contributed by atoms with Crippen LogP contribution in [0.5, 0.6) is 0 Å². The highest BCUT2D eigenvalue weighted by molar-refractivity contribution is 7.98. The van der Waals surface area contributed by atoms with Crippen LogP contribution in [0.25, 0.3) is 5.52 Å². The molecule has 0 unspecified atom stereocenters. The highest BCUT2D eigenvalue weighted by atomic mass is 32.2. The van der Waals surface area contributed by atoms with E-state index in [1.54, 1.807) is 11.8 Å². The lowest BCUT2D eigenvalue weighted by atomic mass is 10.0. The van der Waals surface area contributed by atoms with E-state index in [0.29, 0.717) is 0 Å². The first-order chi connectivity index (χ1) is 11.7. The first kappa shape index (κ1) is 16.9. The summed E-state index contributed by atoms with van der Waals surface area (Å²) < 4.78 is 2.05. The zero-order valence-corrected chi connectivity index (χ0v) is 15.3. The second kappa shape index (κ2) is 7.75. The van der Waals surface area contributed by atoms with E-state index in [0.717, 1.165) is 34.8 Å². The quantitative estimate of drug-likeness (QED) is 0.631. The molecule has 0 atom stereocenters. The molecule has 0 spiro atoms. The first-order valence-corrected chi connectivity index (χ1v) is 9.81. The summed E-state index contributed by atoms with van der Waals surface area (Å²) in [4.78, 5) is 5.71. The number of unbranched alkanes of at least 4 members (excludes halogenated alkanes) is 1. The Labute approximate surface area is 148 Å². The number of hydrogen-bond donors (Lipinski definition) is 1. The molecule has 0 amide bonds. The minimum Gasteiger partial charge on any atom is -0.384 e. The normalized spacial score (nSPS) is 11.2. The van der Waals surface area contributed by atoms with Crippen LogP contribution in [0, 0.1) is 0 Å². The van der Waals surface area contributed by atoms with Gasteiger partial charge in [-0.15, -0.1) is 11.8 Å². The molecule has 4 heteroatoms. The molecule has 126 valence electrons. The average molecular weight is 340 g/mol. The van der Waals surface area contributed by atoms with Crippen molar-refractivity contribution in [3.8, 4) is 0 Å². The molecule has 0 radical (unpaired) electrons. The van der Waals surface area contributed by atoms with Gasteiger partial charge in [0, 0.05) is 17.3 Å². The Morgan fingerprint density at radius 2 is 1.92 bits per heavy atom. The average Bonchev–Trinajstić information content (AvgIpc) is 2.95. The predicted octanol–water partition coefficient (Wildman–Crippen LogP) is 4.77. The lowest BCUT2D eigenvalue weighted by Gasteiger charge is -2.07. The van der Waals surface area contributed by atoms with Gasteiger partial charge in [-0.1, -0.05) is 37.6 Å². The summed E-state index contributed by atoms with van der Waals surface area (Å²) in [5.41, 5.74) is 11.3. The molecule has 2 heterocycles. The fraction of sp³-hybridized carbons (Fsp3) is 0.350. The molecule has 3 rings (SSSR count). The van der Waals surface area contributed by atoms with Crippen molar-refractivity contribution in [1.29, 1.82) is 0 Å². The summed E-state index contributed by atoms with van der Waals surface area (Å²) in [7, 11) is 0. The maximum absolute atomic E-state index is 6.21. The van der Waals surface area contributed by atoms with Gasteiger partial charge in [0.25, 0.3) is 0 Å². The van der Waals surface area contributed by atoms with Gasteiger partial charge in [0.15, 0.2) is 0 Å². The summed E-state index contributed by atoms with van der Waals surface area (Å²) >= 11 is 1.68. The molecular formula is C20H25N3S. The van der Waals surface area contributed by atoms with Crippen LogP contribution in [0.4, 0.5) is 5.82 Å². The molecule has 3 nitrogen and oxygen atoms in total. The van der Waals surface area contributed by atoms with Crippen molar-refractivity contribution < 1.29 is 0 Å². The van der Waals surface area contributed by atoms with Gasteiger partial charge in [-0.25, -0.2) is 0 Å². The van der Waals surface area contributed by atoms with Crippen molar-refractivity contribution in [1.82, 2.24) is 9.38 Å². The lowest BCUT2D eigenvalue weighted by molar-refractivity contribution is 0.792. The Kier molecular flexibility index (Phi) is 5.46. The number of hydrogen-bond acceptors (Lipinski definition) is 3. The van der Waals surface area contributed by atoms with Gasteiger partial charge in [0.2, 0.25) is 0 Å². The topological polar surface area (TPSA) is 43.3 Å². The zero-order chi connectivity index (χ0) is 16.9. The van der Waals surface area contributed by atoms with Gasteiger partial charge in [-0.3, -0.25) is 9.38 Å². The second-order valence-electron chi connectivity index (χ2n) is 6.15. The van der Waals surface area contributed by atoms with Crippen molar-refractivity contribution in [3.63, 3.8) is 0 Å². The summed E-state index contributed by atoms with van der Waals surface area (Å²) in [5, 5.41) is 0. The van der Waals surface area contributed by atoms with E-state index in [-0.39, 0.29) is 0 Å². The summed E-state index contributed by atoms with van der Waals surface area (Å²) in [6, 6.07) is 11.1. The Bertz CT molecular complexity index is 823. The lowest BCUT2D eigenvalue weighted by Crippen LogP contribution is -2.00. The smallest absolute Gasteiger partial charge is 0.121 e. The van der Waals surface area contributed by atoms with Crippen molar-refractivity contribution in [2.75, 3.05) is 12.0 Å². The summed E-state index contributed by atoms with van der Waals surface area (Å²) in [5.74, 6) is 0.808. The molecule has 0 aliphatic heterocycles. The number of aryl methyl sites for hydroxylation is 3. The largest absolute Gasteiger partial charge is 0.384 e. The van der Waals surface area contributed by atoms with Crippen LogP contribution in [0.3, 0.4) is 0 Å². The fourth-order valence-electron chi connectivity index (χ4n) is 3.10. The summed E-state index contributed by atoms with van der Waals surface area (Å²) in [6.45, 7) is 2.24. The number of anilines is 1. The summed E-state index contributed by atoms with van der Waals surface area (Å²) in [6.07, 6.45) is 11.4. The van der Waals surface area contributed by atoms with Crippen molar-refractivity contribution in [2.24, 2.45) is 0 Å². The van der Waals surface area contributed by atoms with E-state index in [9.17, 15) is 0 Å². The number of thioether (sulfide) groups is 1. The molecule has 0 aliphatic carbocycles. The monoisotopic (exact) mass is 339 g/mol. The maximum atomic E-state index is 6.21. The molecule has 0 aliphatic rings. The highest BCUT2D eigenvalue weighted by Gasteiger charge is 2.10. The third-order valence-corrected chi connectivity index (χ3v) is 5.23.